The van der Waals surface area contributed by atoms with Crippen molar-refractivity contribution in [2.45, 2.75) is 4.90 Å². The molecule has 7 heteroatoms. The van der Waals surface area contributed by atoms with E-state index in [9.17, 15) is 21.1 Å². The summed E-state index contributed by atoms with van der Waals surface area (Å²) >= 11 is 2.44. The van der Waals surface area contributed by atoms with E-state index in [1.54, 1.807) is 0 Å². The first-order chi connectivity index (χ1) is 5.84. The highest BCUT2D eigenvalue weighted by atomic mass is 79.9. The molecule has 0 N–H and O–H groups in total. The predicted molar refractivity (Wildman–Crippen MR) is 42.4 cm³/mol. The van der Waals surface area contributed by atoms with E-state index in [0.717, 1.165) is 0 Å². The standard InChI is InChI=1S/C6H2BrF3O2S/c7-5-3(8)1-2-4(6(5)9)13(10,11)12/h1-2H. The lowest BCUT2D eigenvalue weighted by Gasteiger charge is -2.00. The Balaban J connectivity index is 3.53. The van der Waals surface area contributed by atoms with Gasteiger partial charge in [0.15, 0.2) is 5.82 Å². The van der Waals surface area contributed by atoms with Crippen LogP contribution in [0, 0.1) is 11.6 Å². The Hall–Kier alpha value is -0.560. The minimum atomic E-state index is -5.14. The minimum Gasteiger partial charge on any atom is -0.206 e. The summed E-state index contributed by atoms with van der Waals surface area (Å²) in [6.07, 6.45) is 0. The van der Waals surface area contributed by atoms with Gasteiger partial charge in [-0.2, -0.15) is 8.42 Å². The van der Waals surface area contributed by atoms with Crippen LogP contribution in [0.25, 0.3) is 0 Å². The SMILES string of the molecule is O=S(=O)(F)c1ccc(F)c(Br)c1F. The van der Waals surface area contributed by atoms with Crippen molar-refractivity contribution in [2.75, 3.05) is 0 Å². The molecule has 1 aromatic carbocycles. The van der Waals surface area contributed by atoms with E-state index in [1.807, 2.05) is 0 Å². The number of hydrogen-bond acceptors (Lipinski definition) is 2. The lowest BCUT2D eigenvalue weighted by atomic mass is 10.3. The van der Waals surface area contributed by atoms with Crippen LogP contribution >= 0.6 is 15.9 Å². The largest absolute Gasteiger partial charge is 0.335 e. The van der Waals surface area contributed by atoms with Gasteiger partial charge in [0.25, 0.3) is 0 Å². The molecule has 0 saturated carbocycles. The average Bonchev–Trinajstić information content (AvgIpc) is 1.98. The summed E-state index contributed by atoms with van der Waals surface area (Å²) in [6, 6.07) is 1.17. The summed E-state index contributed by atoms with van der Waals surface area (Å²) in [5.74, 6) is -2.47. The van der Waals surface area contributed by atoms with Gasteiger partial charge in [0.2, 0.25) is 0 Å². The van der Waals surface area contributed by atoms with Crippen molar-refractivity contribution in [2.24, 2.45) is 0 Å². The molecule has 0 atom stereocenters. The summed E-state index contributed by atoms with van der Waals surface area (Å²) in [4.78, 5) is -1.18. The fraction of sp³-hybridized carbons (Fsp3) is 0. The van der Waals surface area contributed by atoms with Gasteiger partial charge < -0.3 is 0 Å². The summed E-state index contributed by atoms with van der Waals surface area (Å²) in [5.41, 5.74) is 0. The van der Waals surface area contributed by atoms with Crippen molar-refractivity contribution in [3.05, 3.63) is 28.2 Å². The van der Waals surface area contributed by atoms with Gasteiger partial charge in [-0.1, -0.05) is 0 Å². The molecule has 1 aromatic rings. The van der Waals surface area contributed by atoms with Crippen molar-refractivity contribution in [3.63, 3.8) is 0 Å². The number of halogens is 4. The van der Waals surface area contributed by atoms with Gasteiger partial charge in [-0.15, -0.1) is 3.89 Å². The molecule has 0 aliphatic heterocycles. The van der Waals surface area contributed by atoms with Crippen LogP contribution < -0.4 is 0 Å². The first-order valence-electron chi connectivity index (χ1n) is 2.92. The number of rotatable bonds is 1. The molecule has 13 heavy (non-hydrogen) atoms. The van der Waals surface area contributed by atoms with Gasteiger partial charge in [0.05, 0.1) is 4.47 Å². The zero-order chi connectivity index (χ0) is 10.2. The molecule has 72 valence electrons. The Morgan fingerprint density at radius 3 is 2.23 bits per heavy atom. The molecule has 0 amide bonds. The third-order valence-corrected chi connectivity index (χ3v) is 2.83. The highest BCUT2D eigenvalue weighted by molar-refractivity contribution is 9.10. The Kier molecular flexibility index (Phi) is 2.67. The van der Waals surface area contributed by atoms with E-state index in [-0.39, 0.29) is 0 Å². The molecule has 0 unspecified atom stereocenters. The van der Waals surface area contributed by atoms with Crippen LogP contribution in [0.4, 0.5) is 12.7 Å². The van der Waals surface area contributed by atoms with Crippen LogP contribution in [0.5, 0.6) is 0 Å². The van der Waals surface area contributed by atoms with Gasteiger partial charge in [-0.05, 0) is 28.1 Å². The Morgan fingerprint density at radius 2 is 1.77 bits per heavy atom. The molecule has 0 spiro atoms. The smallest absolute Gasteiger partial charge is 0.206 e. The van der Waals surface area contributed by atoms with Crippen molar-refractivity contribution in [1.82, 2.24) is 0 Å². The molecular formula is C6H2BrF3O2S. The number of benzene rings is 1. The fourth-order valence-corrected chi connectivity index (χ4v) is 1.72. The van der Waals surface area contributed by atoms with E-state index in [1.165, 1.54) is 0 Å². The average molecular weight is 275 g/mol. The predicted octanol–water partition coefficient (Wildman–Crippen LogP) is 2.39. The van der Waals surface area contributed by atoms with Crippen LogP contribution in [-0.4, -0.2) is 8.42 Å². The third-order valence-electron chi connectivity index (χ3n) is 1.26. The zero-order valence-electron chi connectivity index (χ0n) is 5.89. The summed E-state index contributed by atoms with van der Waals surface area (Å²) in [6.45, 7) is 0. The van der Waals surface area contributed by atoms with Crippen LogP contribution in [0.3, 0.4) is 0 Å². The molecule has 0 bridgehead atoms. The molecule has 0 saturated heterocycles. The first-order valence-corrected chi connectivity index (χ1v) is 5.10. The maximum Gasteiger partial charge on any atom is 0.335 e. The quantitative estimate of drug-likeness (QED) is 0.582. The second-order valence-corrected chi connectivity index (χ2v) is 4.22. The van der Waals surface area contributed by atoms with E-state index in [2.05, 4.69) is 15.9 Å². The lowest BCUT2D eigenvalue weighted by molar-refractivity contribution is 0.521. The highest BCUT2D eigenvalue weighted by Crippen LogP contribution is 2.26. The Bertz CT molecular complexity index is 443. The normalized spacial score (nSPS) is 11.7. The van der Waals surface area contributed by atoms with Crippen molar-refractivity contribution < 1.29 is 21.1 Å². The third kappa shape index (κ3) is 2.02. The van der Waals surface area contributed by atoms with Crippen molar-refractivity contribution >= 4 is 26.2 Å². The van der Waals surface area contributed by atoms with Crippen LogP contribution in [0.2, 0.25) is 0 Å². The monoisotopic (exact) mass is 274 g/mol. The van der Waals surface area contributed by atoms with Crippen LogP contribution in [0.15, 0.2) is 21.5 Å². The molecular weight excluding hydrogens is 273 g/mol. The maximum absolute atomic E-state index is 12.9. The molecule has 1 rings (SSSR count). The first kappa shape index (κ1) is 10.5. The van der Waals surface area contributed by atoms with Crippen molar-refractivity contribution in [1.29, 1.82) is 0 Å². The fourth-order valence-electron chi connectivity index (χ4n) is 0.696. The maximum atomic E-state index is 12.9. The molecule has 0 heterocycles. The topological polar surface area (TPSA) is 34.1 Å². The summed E-state index contributed by atoms with van der Waals surface area (Å²) < 4.78 is 57.5. The molecule has 2 nitrogen and oxygen atoms in total. The van der Waals surface area contributed by atoms with Crippen LogP contribution in [-0.2, 0) is 10.2 Å². The van der Waals surface area contributed by atoms with E-state index in [4.69, 9.17) is 0 Å². The van der Waals surface area contributed by atoms with Gasteiger partial charge in [-0.3, -0.25) is 0 Å². The zero-order valence-corrected chi connectivity index (χ0v) is 8.29. The van der Waals surface area contributed by atoms with Gasteiger partial charge in [0, 0.05) is 0 Å². The van der Waals surface area contributed by atoms with Gasteiger partial charge in [-0.25, -0.2) is 8.78 Å². The summed E-state index contributed by atoms with van der Waals surface area (Å²) in [7, 11) is -5.14. The molecule has 0 aromatic heterocycles. The van der Waals surface area contributed by atoms with E-state index < -0.39 is 31.2 Å². The number of hydrogen-bond donors (Lipinski definition) is 0. The second-order valence-electron chi connectivity index (χ2n) is 2.11. The Labute approximate surface area is 80.7 Å². The Morgan fingerprint density at radius 1 is 1.23 bits per heavy atom. The lowest BCUT2D eigenvalue weighted by Crippen LogP contribution is -1.98. The molecule has 0 aliphatic carbocycles. The molecule has 0 fully saturated rings. The van der Waals surface area contributed by atoms with E-state index >= 15 is 0 Å². The second kappa shape index (κ2) is 3.30. The van der Waals surface area contributed by atoms with Crippen LogP contribution in [0.1, 0.15) is 0 Å². The molecule has 0 radical (unpaired) electrons. The summed E-state index contributed by atoms with van der Waals surface area (Å²) in [5, 5.41) is 0. The van der Waals surface area contributed by atoms with E-state index in [0.29, 0.717) is 12.1 Å². The van der Waals surface area contributed by atoms with Gasteiger partial charge in [0.1, 0.15) is 10.7 Å². The highest BCUT2D eigenvalue weighted by Gasteiger charge is 2.21. The van der Waals surface area contributed by atoms with Crippen molar-refractivity contribution in [3.8, 4) is 0 Å². The minimum absolute atomic E-state index is 0.519. The van der Waals surface area contributed by atoms with Gasteiger partial charge >= 0.3 is 10.2 Å². The molecule has 0 aliphatic rings.